The van der Waals surface area contributed by atoms with Crippen molar-refractivity contribution >= 4 is 22.5 Å². The molecule has 3 rings (SSSR count). The van der Waals surface area contributed by atoms with Gasteiger partial charge in [-0.05, 0) is 24.3 Å². The second-order valence-electron chi connectivity index (χ2n) is 4.31. The Morgan fingerprint density at radius 3 is 2.67 bits per heavy atom. The van der Waals surface area contributed by atoms with Crippen molar-refractivity contribution in [3.63, 3.8) is 0 Å². The zero-order chi connectivity index (χ0) is 15.0. The number of hydrogen-bond donors (Lipinski definition) is 0. The van der Waals surface area contributed by atoms with Crippen molar-refractivity contribution in [1.82, 2.24) is 15.0 Å². The van der Waals surface area contributed by atoms with Gasteiger partial charge in [0.25, 0.3) is 0 Å². The molecule has 0 N–H and O–H groups in total. The van der Waals surface area contributed by atoms with Crippen molar-refractivity contribution in [1.29, 1.82) is 0 Å². The Kier molecular flexibility index (Phi) is 3.25. The molecule has 1 aromatic carbocycles. The third-order valence-corrected chi connectivity index (χ3v) is 3.27. The number of hydrogen-bond acceptors (Lipinski definition) is 3. The van der Waals surface area contributed by atoms with Gasteiger partial charge in [-0.3, -0.25) is 4.98 Å². The van der Waals surface area contributed by atoms with Gasteiger partial charge in [0, 0.05) is 23.3 Å². The van der Waals surface area contributed by atoms with Crippen molar-refractivity contribution in [3.05, 3.63) is 53.6 Å². The van der Waals surface area contributed by atoms with E-state index < -0.39 is 11.7 Å². The van der Waals surface area contributed by atoms with Crippen LogP contribution in [0.4, 0.5) is 13.2 Å². The van der Waals surface area contributed by atoms with E-state index in [0.29, 0.717) is 10.9 Å². The lowest BCUT2D eigenvalue weighted by Gasteiger charge is -2.13. The summed E-state index contributed by atoms with van der Waals surface area (Å²) >= 11 is 6.10. The van der Waals surface area contributed by atoms with Crippen molar-refractivity contribution < 1.29 is 13.2 Å². The molecule has 0 saturated heterocycles. The van der Waals surface area contributed by atoms with Gasteiger partial charge in [-0.15, -0.1) is 0 Å². The molecule has 0 saturated carbocycles. The minimum atomic E-state index is -4.51. The van der Waals surface area contributed by atoms with Crippen molar-refractivity contribution in [2.24, 2.45) is 0 Å². The van der Waals surface area contributed by atoms with Gasteiger partial charge in [0.15, 0.2) is 0 Å². The number of alkyl halides is 3. The summed E-state index contributed by atoms with van der Waals surface area (Å²) in [7, 11) is 0. The summed E-state index contributed by atoms with van der Waals surface area (Å²) in [4.78, 5) is 11.7. The summed E-state index contributed by atoms with van der Waals surface area (Å²) in [6.07, 6.45) is -0.344. The maximum Gasteiger partial charge on any atom is 0.418 e. The van der Waals surface area contributed by atoms with Crippen LogP contribution in [0.3, 0.4) is 0 Å². The summed E-state index contributed by atoms with van der Waals surface area (Å²) in [6, 6.07) is 5.23. The van der Waals surface area contributed by atoms with Crippen molar-refractivity contribution in [2.45, 2.75) is 6.18 Å². The Morgan fingerprint density at radius 1 is 1.10 bits per heavy atom. The molecule has 0 bridgehead atoms. The average molecular weight is 310 g/mol. The van der Waals surface area contributed by atoms with Crippen LogP contribution >= 0.6 is 11.6 Å². The van der Waals surface area contributed by atoms with Gasteiger partial charge < -0.3 is 0 Å². The summed E-state index contributed by atoms with van der Waals surface area (Å²) in [5.74, 6) is 0. The highest BCUT2D eigenvalue weighted by molar-refractivity contribution is 6.34. The van der Waals surface area contributed by atoms with E-state index in [1.165, 1.54) is 30.7 Å². The van der Waals surface area contributed by atoms with Crippen LogP contribution in [-0.4, -0.2) is 15.0 Å². The highest BCUT2D eigenvalue weighted by Gasteiger charge is 2.34. The number of aromatic nitrogens is 3. The molecular formula is C14H7ClF3N3. The lowest BCUT2D eigenvalue weighted by atomic mass is 10.0. The third-order valence-electron chi connectivity index (χ3n) is 2.96. The van der Waals surface area contributed by atoms with E-state index in [9.17, 15) is 13.2 Å². The molecule has 3 aromatic rings. The molecule has 0 aliphatic heterocycles. The van der Waals surface area contributed by atoms with Gasteiger partial charge in [0.05, 0.1) is 21.8 Å². The zero-order valence-corrected chi connectivity index (χ0v) is 11.2. The molecular weight excluding hydrogens is 303 g/mol. The van der Waals surface area contributed by atoms with E-state index in [4.69, 9.17) is 11.6 Å². The molecule has 0 spiro atoms. The van der Waals surface area contributed by atoms with Gasteiger partial charge in [0.2, 0.25) is 0 Å². The van der Waals surface area contributed by atoms with Gasteiger partial charge >= 0.3 is 6.18 Å². The van der Waals surface area contributed by atoms with Crippen LogP contribution in [0.1, 0.15) is 5.56 Å². The molecule has 0 atom stereocenters. The molecule has 0 fully saturated rings. The Morgan fingerprint density at radius 2 is 1.90 bits per heavy atom. The molecule has 2 aromatic heterocycles. The molecule has 21 heavy (non-hydrogen) atoms. The second-order valence-corrected chi connectivity index (χ2v) is 4.72. The molecule has 3 nitrogen and oxygen atoms in total. The molecule has 0 aliphatic carbocycles. The van der Waals surface area contributed by atoms with E-state index in [1.54, 1.807) is 6.20 Å². The number of benzene rings is 1. The Bertz CT molecular complexity index is 818. The Labute approximate surface area is 122 Å². The third kappa shape index (κ3) is 2.54. The standard InChI is InChI=1S/C14H7ClF3N3/c15-11-4-8-6-19-7-21-12(8)5-9(11)13-10(14(16,17)18)2-1-3-20-13/h1-7H. The summed E-state index contributed by atoms with van der Waals surface area (Å²) < 4.78 is 39.2. The van der Waals surface area contributed by atoms with Gasteiger partial charge in [-0.1, -0.05) is 11.6 Å². The van der Waals surface area contributed by atoms with Crippen LogP contribution in [0.15, 0.2) is 43.0 Å². The van der Waals surface area contributed by atoms with Gasteiger partial charge in [-0.25, -0.2) is 9.97 Å². The van der Waals surface area contributed by atoms with Gasteiger partial charge in [0.1, 0.15) is 6.33 Å². The van der Waals surface area contributed by atoms with Crippen LogP contribution < -0.4 is 0 Å². The number of nitrogens with zero attached hydrogens (tertiary/aromatic N) is 3. The molecule has 0 amide bonds. The predicted molar refractivity (Wildman–Crippen MR) is 72.8 cm³/mol. The highest BCUT2D eigenvalue weighted by Crippen LogP contribution is 2.39. The lowest BCUT2D eigenvalue weighted by Crippen LogP contribution is -2.08. The van der Waals surface area contributed by atoms with E-state index in [2.05, 4.69) is 15.0 Å². The second kappa shape index (κ2) is 4.96. The van der Waals surface area contributed by atoms with Crippen molar-refractivity contribution in [2.75, 3.05) is 0 Å². The monoisotopic (exact) mass is 309 g/mol. The largest absolute Gasteiger partial charge is 0.418 e. The van der Waals surface area contributed by atoms with E-state index in [-0.39, 0.29) is 16.3 Å². The van der Waals surface area contributed by atoms with Crippen LogP contribution in [0, 0.1) is 0 Å². The zero-order valence-electron chi connectivity index (χ0n) is 10.4. The number of pyridine rings is 1. The molecule has 0 aliphatic rings. The summed E-state index contributed by atoms with van der Waals surface area (Å²) in [6.45, 7) is 0. The maximum absolute atomic E-state index is 13.1. The first kappa shape index (κ1) is 13.8. The van der Waals surface area contributed by atoms with Crippen LogP contribution in [0.25, 0.3) is 22.2 Å². The molecule has 0 radical (unpaired) electrons. The first-order valence-electron chi connectivity index (χ1n) is 5.88. The van der Waals surface area contributed by atoms with E-state index in [0.717, 1.165) is 6.07 Å². The fourth-order valence-corrected chi connectivity index (χ4v) is 2.29. The number of rotatable bonds is 1. The van der Waals surface area contributed by atoms with Crippen LogP contribution in [0.5, 0.6) is 0 Å². The highest BCUT2D eigenvalue weighted by atomic mass is 35.5. The average Bonchev–Trinajstić information content (AvgIpc) is 2.45. The normalized spacial score (nSPS) is 11.8. The first-order valence-corrected chi connectivity index (χ1v) is 6.26. The Balaban J connectivity index is 2.28. The first-order chi connectivity index (χ1) is 9.97. The summed E-state index contributed by atoms with van der Waals surface area (Å²) in [5.41, 5.74) is -0.352. The van der Waals surface area contributed by atoms with Crippen LogP contribution in [-0.2, 0) is 6.18 Å². The maximum atomic E-state index is 13.1. The molecule has 0 unspecified atom stereocenters. The SMILES string of the molecule is FC(F)(F)c1cccnc1-c1cc2ncncc2cc1Cl. The molecule has 106 valence electrons. The number of fused-ring (bicyclic) bond motifs is 1. The molecule has 7 heteroatoms. The fraction of sp³-hybridized carbons (Fsp3) is 0.0714. The van der Waals surface area contributed by atoms with Crippen molar-refractivity contribution in [3.8, 4) is 11.3 Å². The van der Waals surface area contributed by atoms with E-state index in [1.807, 2.05) is 0 Å². The predicted octanol–water partition coefficient (Wildman–Crippen LogP) is 4.36. The number of halogens is 4. The lowest BCUT2D eigenvalue weighted by molar-refractivity contribution is -0.137. The molecule has 2 heterocycles. The van der Waals surface area contributed by atoms with Crippen LogP contribution in [0.2, 0.25) is 5.02 Å². The van der Waals surface area contributed by atoms with Gasteiger partial charge in [-0.2, -0.15) is 13.2 Å². The topological polar surface area (TPSA) is 38.7 Å². The fourth-order valence-electron chi connectivity index (χ4n) is 2.03. The minimum absolute atomic E-state index is 0.168. The summed E-state index contributed by atoms with van der Waals surface area (Å²) in [5, 5.41) is 0.817. The quantitative estimate of drug-likeness (QED) is 0.670. The van der Waals surface area contributed by atoms with E-state index >= 15 is 0 Å². The smallest absolute Gasteiger partial charge is 0.256 e. The minimum Gasteiger partial charge on any atom is -0.256 e. The Hall–Kier alpha value is -2.21.